The maximum Gasteiger partial charge on any atom is 0.188 e. The van der Waals surface area contributed by atoms with E-state index in [0.29, 0.717) is 17.9 Å². The number of ether oxygens (including phenoxy) is 1. The van der Waals surface area contributed by atoms with Gasteiger partial charge in [-0.3, -0.25) is 4.99 Å². The van der Waals surface area contributed by atoms with Crippen molar-refractivity contribution in [3.05, 3.63) is 0 Å². The monoisotopic (exact) mass is 185 g/mol. The Balaban J connectivity index is 2.32. The average Bonchev–Trinajstić information content (AvgIpc) is 2.19. The van der Waals surface area contributed by atoms with Gasteiger partial charge in [0, 0.05) is 26.3 Å². The summed E-state index contributed by atoms with van der Waals surface area (Å²) in [4.78, 5) is 3.88. The first-order chi connectivity index (χ1) is 6.24. The molecule has 0 saturated carbocycles. The van der Waals surface area contributed by atoms with Crippen LogP contribution in [0.4, 0.5) is 0 Å². The van der Waals surface area contributed by atoms with Crippen LogP contribution in [0.5, 0.6) is 0 Å². The van der Waals surface area contributed by atoms with E-state index in [0.717, 1.165) is 26.1 Å². The fraction of sp³-hybridized carbons (Fsp3) is 0.889. The molecule has 4 nitrogen and oxygen atoms in total. The van der Waals surface area contributed by atoms with E-state index in [1.165, 1.54) is 0 Å². The summed E-state index contributed by atoms with van der Waals surface area (Å²) >= 11 is 0. The van der Waals surface area contributed by atoms with E-state index in [1.807, 2.05) is 0 Å². The fourth-order valence-corrected chi connectivity index (χ4v) is 1.63. The SMILES string of the molecule is CN=C(N)NC(C)C1CCOCC1. The third-order valence-electron chi connectivity index (χ3n) is 2.59. The van der Waals surface area contributed by atoms with Gasteiger partial charge >= 0.3 is 0 Å². The molecule has 1 aliphatic rings. The Labute approximate surface area is 79.6 Å². The van der Waals surface area contributed by atoms with E-state index in [2.05, 4.69) is 17.2 Å². The van der Waals surface area contributed by atoms with Gasteiger partial charge < -0.3 is 15.8 Å². The van der Waals surface area contributed by atoms with Crippen LogP contribution in [0.1, 0.15) is 19.8 Å². The molecule has 1 atom stereocenters. The molecule has 76 valence electrons. The third-order valence-corrected chi connectivity index (χ3v) is 2.59. The molecule has 0 amide bonds. The molecular weight excluding hydrogens is 166 g/mol. The van der Waals surface area contributed by atoms with Crippen LogP contribution in [0.2, 0.25) is 0 Å². The molecule has 0 aliphatic carbocycles. The Bertz CT molecular complexity index is 176. The lowest BCUT2D eigenvalue weighted by Gasteiger charge is -2.28. The molecule has 0 bridgehead atoms. The van der Waals surface area contributed by atoms with Crippen LogP contribution < -0.4 is 11.1 Å². The van der Waals surface area contributed by atoms with E-state index in [4.69, 9.17) is 10.5 Å². The van der Waals surface area contributed by atoms with E-state index in [9.17, 15) is 0 Å². The van der Waals surface area contributed by atoms with Crippen LogP contribution in [-0.2, 0) is 4.74 Å². The van der Waals surface area contributed by atoms with Gasteiger partial charge in [-0.1, -0.05) is 0 Å². The van der Waals surface area contributed by atoms with Crippen molar-refractivity contribution in [2.24, 2.45) is 16.6 Å². The summed E-state index contributed by atoms with van der Waals surface area (Å²) in [5.74, 6) is 1.19. The number of hydrogen-bond donors (Lipinski definition) is 2. The average molecular weight is 185 g/mol. The third kappa shape index (κ3) is 3.22. The Morgan fingerprint density at radius 1 is 1.54 bits per heavy atom. The minimum Gasteiger partial charge on any atom is -0.381 e. The van der Waals surface area contributed by atoms with Crippen LogP contribution >= 0.6 is 0 Å². The number of nitrogens with zero attached hydrogens (tertiary/aromatic N) is 1. The van der Waals surface area contributed by atoms with Gasteiger partial charge in [0.15, 0.2) is 5.96 Å². The van der Waals surface area contributed by atoms with Crippen LogP contribution in [0.3, 0.4) is 0 Å². The lowest BCUT2D eigenvalue weighted by atomic mass is 9.93. The molecule has 4 heteroatoms. The largest absolute Gasteiger partial charge is 0.381 e. The molecule has 1 aliphatic heterocycles. The molecule has 1 fully saturated rings. The lowest BCUT2D eigenvalue weighted by Crippen LogP contribution is -2.43. The fourth-order valence-electron chi connectivity index (χ4n) is 1.63. The van der Waals surface area contributed by atoms with Gasteiger partial charge in [0.1, 0.15) is 0 Å². The Morgan fingerprint density at radius 2 is 2.15 bits per heavy atom. The second-order valence-electron chi connectivity index (χ2n) is 3.49. The molecule has 1 saturated heterocycles. The van der Waals surface area contributed by atoms with Gasteiger partial charge in [0.05, 0.1) is 0 Å². The van der Waals surface area contributed by atoms with Gasteiger partial charge in [-0.25, -0.2) is 0 Å². The maximum atomic E-state index is 5.59. The van der Waals surface area contributed by atoms with E-state index >= 15 is 0 Å². The number of nitrogens with one attached hydrogen (secondary N) is 1. The van der Waals surface area contributed by atoms with Crippen molar-refractivity contribution in [3.63, 3.8) is 0 Å². The first-order valence-electron chi connectivity index (χ1n) is 4.80. The lowest BCUT2D eigenvalue weighted by molar-refractivity contribution is 0.0581. The maximum absolute atomic E-state index is 5.59. The topological polar surface area (TPSA) is 59.6 Å². The zero-order valence-electron chi connectivity index (χ0n) is 8.42. The van der Waals surface area contributed by atoms with Crippen LogP contribution in [0.25, 0.3) is 0 Å². The Morgan fingerprint density at radius 3 is 2.69 bits per heavy atom. The van der Waals surface area contributed by atoms with Crippen LogP contribution in [0, 0.1) is 5.92 Å². The number of aliphatic imine (C=N–C) groups is 1. The summed E-state index contributed by atoms with van der Waals surface area (Å²) in [6.07, 6.45) is 2.23. The van der Waals surface area contributed by atoms with Crippen molar-refractivity contribution < 1.29 is 4.74 Å². The van der Waals surface area contributed by atoms with Gasteiger partial charge in [-0.05, 0) is 25.7 Å². The normalized spacial score (nSPS) is 22.8. The zero-order valence-corrected chi connectivity index (χ0v) is 8.42. The van der Waals surface area contributed by atoms with Crippen molar-refractivity contribution in [2.75, 3.05) is 20.3 Å². The number of hydrogen-bond acceptors (Lipinski definition) is 2. The van der Waals surface area contributed by atoms with Crippen molar-refractivity contribution in [2.45, 2.75) is 25.8 Å². The summed E-state index contributed by atoms with van der Waals surface area (Å²) in [5.41, 5.74) is 5.59. The van der Waals surface area contributed by atoms with E-state index in [-0.39, 0.29) is 0 Å². The highest BCUT2D eigenvalue weighted by Crippen LogP contribution is 2.18. The zero-order chi connectivity index (χ0) is 9.68. The molecule has 0 aromatic carbocycles. The Hall–Kier alpha value is -0.770. The van der Waals surface area contributed by atoms with Crippen molar-refractivity contribution in [1.82, 2.24) is 5.32 Å². The summed E-state index contributed by atoms with van der Waals surface area (Å²) in [5, 5.41) is 3.17. The smallest absolute Gasteiger partial charge is 0.188 e. The minimum absolute atomic E-state index is 0.396. The summed E-state index contributed by atoms with van der Waals surface area (Å²) < 4.78 is 5.29. The minimum atomic E-state index is 0.396. The van der Waals surface area contributed by atoms with Gasteiger partial charge in [0.2, 0.25) is 0 Å². The first kappa shape index (κ1) is 10.3. The van der Waals surface area contributed by atoms with Gasteiger partial charge in [-0.2, -0.15) is 0 Å². The molecule has 0 radical (unpaired) electrons. The molecule has 0 aromatic rings. The molecular formula is C9H19N3O. The molecule has 3 N–H and O–H groups in total. The number of guanidine groups is 1. The second kappa shape index (κ2) is 5.07. The molecule has 0 aromatic heterocycles. The van der Waals surface area contributed by atoms with E-state index < -0.39 is 0 Å². The summed E-state index contributed by atoms with van der Waals surface area (Å²) in [6.45, 7) is 3.90. The van der Waals surface area contributed by atoms with Crippen molar-refractivity contribution in [1.29, 1.82) is 0 Å². The van der Waals surface area contributed by atoms with Crippen molar-refractivity contribution in [3.8, 4) is 0 Å². The Kier molecular flexibility index (Phi) is 4.02. The highest BCUT2D eigenvalue weighted by Gasteiger charge is 2.20. The number of rotatable bonds is 2. The summed E-state index contributed by atoms with van der Waals surface area (Å²) in [7, 11) is 1.69. The van der Waals surface area contributed by atoms with Crippen LogP contribution in [-0.4, -0.2) is 32.3 Å². The first-order valence-corrected chi connectivity index (χ1v) is 4.80. The van der Waals surface area contributed by atoms with Crippen LogP contribution in [0.15, 0.2) is 4.99 Å². The standard InChI is InChI=1S/C9H19N3O/c1-7(12-9(10)11-2)8-3-5-13-6-4-8/h7-8H,3-6H2,1-2H3,(H3,10,11,12). The van der Waals surface area contributed by atoms with Crippen molar-refractivity contribution >= 4 is 5.96 Å². The highest BCUT2D eigenvalue weighted by atomic mass is 16.5. The summed E-state index contributed by atoms with van der Waals surface area (Å²) in [6, 6.07) is 0.396. The molecule has 13 heavy (non-hydrogen) atoms. The molecule has 1 rings (SSSR count). The highest BCUT2D eigenvalue weighted by molar-refractivity contribution is 5.77. The predicted molar refractivity (Wildman–Crippen MR) is 53.7 cm³/mol. The molecule has 0 spiro atoms. The van der Waals surface area contributed by atoms with Gasteiger partial charge in [0.25, 0.3) is 0 Å². The van der Waals surface area contributed by atoms with Gasteiger partial charge in [-0.15, -0.1) is 0 Å². The molecule has 1 unspecified atom stereocenters. The quantitative estimate of drug-likeness (QED) is 0.481. The molecule has 1 heterocycles. The van der Waals surface area contributed by atoms with E-state index in [1.54, 1.807) is 7.05 Å². The second-order valence-corrected chi connectivity index (χ2v) is 3.49. The predicted octanol–water partition coefficient (Wildman–Crippen LogP) is 0.336. The number of nitrogens with two attached hydrogens (primary N) is 1.